The maximum absolute atomic E-state index is 13.5. The molecule has 0 saturated heterocycles. The quantitative estimate of drug-likeness (QED) is 0.831. The molecule has 1 atom stereocenters. The lowest BCUT2D eigenvalue weighted by Crippen LogP contribution is -2.21. The molecule has 0 radical (unpaired) electrons. The van der Waals surface area contributed by atoms with Crippen molar-refractivity contribution < 1.29 is 13.9 Å². The molecule has 2 rings (SSSR count). The van der Waals surface area contributed by atoms with Crippen LogP contribution in [0.5, 0.6) is 5.75 Å². The Morgan fingerprint density at radius 1 is 1.47 bits per heavy atom. The molecule has 92 valence electrons. The lowest BCUT2D eigenvalue weighted by molar-refractivity contribution is -0.116. The fourth-order valence-corrected chi connectivity index (χ4v) is 1.88. The third-order valence-corrected chi connectivity index (χ3v) is 2.85. The molecular weight excluding hydrogens is 223 g/mol. The van der Waals surface area contributed by atoms with Crippen molar-refractivity contribution in [1.82, 2.24) is 0 Å². The molecule has 2 N–H and O–H groups in total. The Bertz CT molecular complexity index is 448. The fourth-order valence-electron chi connectivity index (χ4n) is 1.88. The van der Waals surface area contributed by atoms with Crippen LogP contribution in [0.15, 0.2) is 12.1 Å². The molecular formula is C12H15FN2O2. The third kappa shape index (κ3) is 2.33. The number of carbonyl (C=O) groups excluding carboxylic acids is 1. The average molecular weight is 238 g/mol. The van der Waals surface area contributed by atoms with Gasteiger partial charge in [0.15, 0.2) is 11.6 Å². The van der Waals surface area contributed by atoms with Gasteiger partial charge in [-0.1, -0.05) is 6.92 Å². The molecule has 0 spiro atoms. The van der Waals surface area contributed by atoms with Crippen LogP contribution in [0.4, 0.5) is 15.8 Å². The lowest BCUT2D eigenvalue weighted by Gasteiger charge is -2.15. The minimum Gasteiger partial charge on any atom is -0.494 e. The van der Waals surface area contributed by atoms with E-state index < -0.39 is 5.82 Å². The Morgan fingerprint density at radius 3 is 2.88 bits per heavy atom. The molecule has 0 aromatic heterocycles. The van der Waals surface area contributed by atoms with E-state index in [1.807, 2.05) is 6.92 Å². The molecule has 4 nitrogen and oxygen atoms in total. The average Bonchev–Trinajstić information content (AvgIpc) is 2.45. The van der Waals surface area contributed by atoms with E-state index in [0.717, 1.165) is 6.42 Å². The van der Waals surface area contributed by atoms with Gasteiger partial charge in [-0.2, -0.15) is 0 Å². The Kier molecular flexibility index (Phi) is 3.17. The van der Waals surface area contributed by atoms with Crippen LogP contribution in [-0.2, 0) is 4.79 Å². The highest BCUT2D eigenvalue weighted by atomic mass is 19.1. The summed E-state index contributed by atoms with van der Waals surface area (Å²) in [7, 11) is 1.41. The van der Waals surface area contributed by atoms with Crippen molar-refractivity contribution in [2.45, 2.75) is 25.8 Å². The molecule has 0 aliphatic carbocycles. The molecule has 1 aromatic rings. The first-order chi connectivity index (χ1) is 8.13. The zero-order valence-corrected chi connectivity index (χ0v) is 9.84. The molecule has 1 amide bonds. The zero-order valence-electron chi connectivity index (χ0n) is 9.84. The summed E-state index contributed by atoms with van der Waals surface area (Å²) in [5.41, 5.74) is 1.16. The van der Waals surface area contributed by atoms with Crippen molar-refractivity contribution in [2.24, 2.45) is 0 Å². The van der Waals surface area contributed by atoms with Crippen molar-refractivity contribution in [1.29, 1.82) is 0 Å². The summed E-state index contributed by atoms with van der Waals surface area (Å²) in [4.78, 5) is 11.6. The number of methoxy groups -OCH3 is 1. The van der Waals surface area contributed by atoms with Crippen LogP contribution in [0.25, 0.3) is 0 Å². The summed E-state index contributed by atoms with van der Waals surface area (Å²) >= 11 is 0. The smallest absolute Gasteiger partial charge is 0.226 e. The normalized spacial score (nSPS) is 18.8. The summed E-state index contributed by atoms with van der Waals surface area (Å²) in [6, 6.07) is 2.90. The van der Waals surface area contributed by atoms with Crippen LogP contribution in [0, 0.1) is 5.82 Å². The first-order valence-electron chi connectivity index (χ1n) is 5.58. The van der Waals surface area contributed by atoms with Gasteiger partial charge in [0.1, 0.15) is 0 Å². The largest absolute Gasteiger partial charge is 0.494 e. The number of rotatable bonds is 2. The van der Waals surface area contributed by atoms with Crippen LogP contribution in [0.1, 0.15) is 19.8 Å². The van der Waals surface area contributed by atoms with Gasteiger partial charge < -0.3 is 15.4 Å². The maximum atomic E-state index is 13.5. The standard InChI is InChI=1S/C12H15FN2O2/c1-3-7-4-12(16)15-9-5-8(13)11(17-2)6-10(9)14-7/h5-7,14H,3-4H2,1-2H3,(H,15,16). The highest BCUT2D eigenvalue weighted by Gasteiger charge is 2.21. The van der Waals surface area contributed by atoms with Gasteiger partial charge in [0.2, 0.25) is 5.91 Å². The van der Waals surface area contributed by atoms with E-state index in [4.69, 9.17) is 4.74 Å². The van der Waals surface area contributed by atoms with Gasteiger partial charge in [-0.25, -0.2) is 4.39 Å². The molecule has 0 bridgehead atoms. The highest BCUT2D eigenvalue weighted by Crippen LogP contribution is 2.32. The number of carbonyl (C=O) groups is 1. The van der Waals surface area contributed by atoms with Crippen LogP contribution in [0.2, 0.25) is 0 Å². The number of amides is 1. The predicted octanol–water partition coefficient (Wildman–Crippen LogP) is 2.37. The zero-order chi connectivity index (χ0) is 12.4. The summed E-state index contributed by atoms with van der Waals surface area (Å²) in [6.07, 6.45) is 1.21. The van der Waals surface area contributed by atoms with Crippen LogP contribution >= 0.6 is 0 Å². The van der Waals surface area contributed by atoms with Gasteiger partial charge in [0.25, 0.3) is 0 Å². The third-order valence-electron chi connectivity index (χ3n) is 2.85. The molecule has 1 aliphatic heterocycles. The van der Waals surface area contributed by atoms with Crippen molar-refractivity contribution in [2.75, 3.05) is 17.7 Å². The topological polar surface area (TPSA) is 50.4 Å². The van der Waals surface area contributed by atoms with E-state index in [1.54, 1.807) is 6.07 Å². The van der Waals surface area contributed by atoms with Gasteiger partial charge in [-0.3, -0.25) is 4.79 Å². The molecule has 17 heavy (non-hydrogen) atoms. The Hall–Kier alpha value is -1.78. The van der Waals surface area contributed by atoms with Crippen LogP contribution < -0.4 is 15.4 Å². The number of nitrogens with one attached hydrogen (secondary N) is 2. The number of benzene rings is 1. The van der Waals surface area contributed by atoms with Crippen molar-refractivity contribution in [3.63, 3.8) is 0 Å². The van der Waals surface area contributed by atoms with Crippen LogP contribution in [0.3, 0.4) is 0 Å². The molecule has 0 saturated carbocycles. The Labute approximate surface area is 99.2 Å². The molecule has 5 heteroatoms. The van der Waals surface area contributed by atoms with Gasteiger partial charge in [0.05, 0.1) is 18.5 Å². The number of hydrogen-bond acceptors (Lipinski definition) is 3. The first-order valence-corrected chi connectivity index (χ1v) is 5.58. The molecule has 1 aromatic carbocycles. The number of fused-ring (bicyclic) bond motifs is 1. The van der Waals surface area contributed by atoms with Gasteiger partial charge in [0, 0.05) is 24.6 Å². The number of anilines is 2. The lowest BCUT2D eigenvalue weighted by atomic mass is 10.1. The van der Waals surface area contributed by atoms with E-state index in [-0.39, 0.29) is 17.7 Å². The Morgan fingerprint density at radius 2 is 2.24 bits per heavy atom. The maximum Gasteiger partial charge on any atom is 0.226 e. The van der Waals surface area contributed by atoms with Crippen molar-refractivity contribution in [3.8, 4) is 5.75 Å². The summed E-state index contributed by atoms with van der Waals surface area (Å²) in [5, 5.41) is 5.89. The van der Waals surface area contributed by atoms with E-state index in [9.17, 15) is 9.18 Å². The summed E-state index contributed by atoms with van der Waals surface area (Å²) in [5.74, 6) is -0.418. The van der Waals surface area contributed by atoms with E-state index in [0.29, 0.717) is 17.8 Å². The Balaban J connectivity index is 2.42. The van der Waals surface area contributed by atoms with Gasteiger partial charge >= 0.3 is 0 Å². The van der Waals surface area contributed by atoms with Crippen molar-refractivity contribution >= 4 is 17.3 Å². The monoisotopic (exact) mass is 238 g/mol. The van der Waals surface area contributed by atoms with Gasteiger partial charge in [-0.05, 0) is 6.42 Å². The number of halogens is 1. The predicted molar refractivity (Wildman–Crippen MR) is 63.9 cm³/mol. The summed E-state index contributed by atoms with van der Waals surface area (Å²) in [6.45, 7) is 2.00. The van der Waals surface area contributed by atoms with E-state index >= 15 is 0 Å². The second-order valence-electron chi connectivity index (χ2n) is 4.03. The van der Waals surface area contributed by atoms with Gasteiger partial charge in [-0.15, -0.1) is 0 Å². The highest BCUT2D eigenvalue weighted by molar-refractivity contribution is 5.96. The molecule has 0 fully saturated rings. The minimum atomic E-state index is -0.483. The van der Waals surface area contributed by atoms with E-state index in [1.165, 1.54) is 13.2 Å². The fraction of sp³-hybridized carbons (Fsp3) is 0.417. The SMILES string of the molecule is CCC1CC(=O)Nc2cc(F)c(OC)cc2N1. The molecule has 1 heterocycles. The molecule has 1 unspecified atom stereocenters. The number of ether oxygens (including phenoxy) is 1. The first kappa shape index (κ1) is 11.7. The second-order valence-corrected chi connectivity index (χ2v) is 4.03. The molecule has 1 aliphatic rings. The van der Waals surface area contributed by atoms with Crippen molar-refractivity contribution in [3.05, 3.63) is 17.9 Å². The number of hydrogen-bond donors (Lipinski definition) is 2. The second kappa shape index (κ2) is 4.61. The summed E-state index contributed by atoms with van der Waals surface area (Å²) < 4.78 is 18.4. The van der Waals surface area contributed by atoms with E-state index in [2.05, 4.69) is 10.6 Å². The van der Waals surface area contributed by atoms with Crippen LogP contribution in [-0.4, -0.2) is 19.1 Å². The minimum absolute atomic E-state index is 0.0615.